The molecule has 1 fully saturated rings. The van der Waals surface area contributed by atoms with E-state index in [2.05, 4.69) is 5.32 Å². The summed E-state index contributed by atoms with van der Waals surface area (Å²) in [6.45, 7) is 4.67. The third kappa shape index (κ3) is 2.87. The van der Waals surface area contributed by atoms with Crippen LogP contribution in [0.25, 0.3) is 0 Å². The summed E-state index contributed by atoms with van der Waals surface area (Å²) in [5.41, 5.74) is 0. The lowest BCUT2D eigenvalue weighted by atomic mass is 10.2. The van der Waals surface area contributed by atoms with Crippen molar-refractivity contribution in [2.75, 3.05) is 33.7 Å². The van der Waals surface area contributed by atoms with E-state index < -0.39 is 0 Å². The van der Waals surface area contributed by atoms with Gasteiger partial charge in [0.05, 0.1) is 0 Å². The lowest BCUT2D eigenvalue weighted by Gasteiger charge is -2.26. The van der Waals surface area contributed by atoms with Gasteiger partial charge in [-0.05, 0) is 26.3 Å². The fraction of sp³-hybridized carbons (Fsp3) is 0.900. The Balaban J connectivity index is 2.32. The predicted octanol–water partition coefficient (Wildman–Crippen LogP) is 0.742. The molecule has 1 atom stereocenters. The van der Waals surface area contributed by atoms with Crippen LogP contribution in [-0.2, 0) is 0 Å². The third-order valence-electron chi connectivity index (χ3n) is 2.78. The molecule has 0 aliphatic carbocycles. The monoisotopic (exact) mass is 199 g/mol. The van der Waals surface area contributed by atoms with E-state index >= 15 is 0 Å². The average Bonchev–Trinajstić information content (AvgIpc) is 2.68. The minimum atomic E-state index is 0.112. The lowest BCUT2D eigenvalue weighted by molar-refractivity contribution is 0.171. The molecule has 4 heteroatoms. The van der Waals surface area contributed by atoms with E-state index in [0.717, 1.165) is 19.6 Å². The van der Waals surface area contributed by atoms with Gasteiger partial charge in [-0.25, -0.2) is 4.79 Å². The van der Waals surface area contributed by atoms with Crippen molar-refractivity contribution in [1.29, 1.82) is 0 Å². The SMILES string of the molecule is CCN(C)C(=O)N(C)CC1CCCN1. The second kappa shape index (κ2) is 5.20. The van der Waals surface area contributed by atoms with Gasteiger partial charge >= 0.3 is 6.03 Å². The highest BCUT2D eigenvalue weighted by Gasteiger charge is 2.19. The molecular formula is C10H21N3O. The molecule has 82 valence electrons. The summed E-state index contributed by atoms with van der Waals surface area (Å²) in [6.07, 6.45) is 2.42. The van der Waals surface area contributed by atoms with E-state index in [1.54, 1.807) is 9.80 Å². The molecule has 0 bridgehead atoms. The van der Waals surface area contributed by atoms with Gasteiger partial charge in [-0.2, -0.15) is 0 Å². The second-order valence-electron chi connectivity index (χ2n) is 3.97. The van der Waals surface area contributed by atoms with E-state index in [9.17, 15) is 4.79 Å². The summed E-state index contributed by atoms with van der Waals surface area (Å²) in [5.74, 6) is 0. The molecule has 0 aromatic carbocycles. The maximum atomic E-state index is 11.7. The molecule has 1 aliphatic heterocycles. The molecule has 0 spiro atoms. The number of carbonyl (C=O) groups excluding carboxylic acids is 1. The fourth-order valence-corrected chi connectivity index (χ4v) is 1.75. The topological polar surface area (TPSA) is 35.6 Å². The standard InChI is InChI=1S/C10H21N3O/c1-4-12(2)10(14)13(3)8-9-6-5-7-11-9/h9,11H,4-8H2,1-3H3. The highest BCUT2D eigenvalue weighted by atomic mass is 16.2. The van der Waals surface area contributed by atoms with Crippen LogP contribution in [0, 0.1) is 0 Å². The minimum Gasteiger partial charge on any atom is -0.328 e. The zero-order valence-corrected chi connectivity index (χ0v) is 9.42. The summed E-state index contributed by atoms with van der Waals surface area (Å²) in [5, 5.41) is 3.39. The molecule has 4 nitrogen and oxygen atoms in total. The molecule has 0 aromatic rings. The molecule has 1 rings (SSSR count). The first kappa shape index (κ1) is 11.3. The molecule has 0 saturated carbocycles. The maximum Gasteiger partial charge on any atom is 0.319 e. The first-order chi connectivity index (χ1) is 6.65. The largest absolute Gasteiger partial charge is 0.328 e. The number of nitrogens with one attached hydrogen (secondary N) is 1. The zero-order valence-electron chi connectivity index (χ0n) is 9.42. The van der Waals surface area contributed by atoms with Crippen molar-refractivity contribution in [3.05, 3.63) is 0 Å². The Labute approximate surface area is 86.2 Å². The van der Waals surface area contributed by atoms with Gasteiger partial charge in [-0.15, -0.1) is 0 Å². The van der Waals surface area contributed by atoms with Crippen molar-refractivity contribution in [1.82, 2.24) is 15.1 Å². The third-order valence-corrected chi connectivity index (χ3v) is 2.78. The Morgan fingerprint density at radius 2 is 2.14 bits per heavy atom. The molecule has 1 saturated heterocycles. The van der Waals surface area contributed by atoms with Crippen LogP contribution >= 0.6 is 0 Å². The van der Waals surface area contributed by atoms with Gasteiger partial charge in [0.25, 0.3) is 0 Å². The number of hydrogen-bond acceptors (Lipinski definition) is 2. The molecule has 14 heavy (non-hydrogen) atoms. The van der Waals surface area contributed by atoms with Gasteiger partial charge in [0.15, 0.2) is 0 Å². The van der Waals surface area contributed by atoms with Crippen LogP contribution in [0.5, 0.6) is 0 Å². The highest BCUT2D eigenvalue weighted by molar-refractivity contribution is 5.73. The van der Waals surface area contributed by atoms with Crippen molar-refractivity contribution in [3.63, 3.8) is 0 Å². The van der Waals surface area contributed by atoms with Crippen LogP contribution in [0.4, 0.5) is 4.79 Å². The number of likely N-dealkylation sites (N-methyl/N-ethyl adjacent to an activating group) is 1. The van der Waals surface area contributed by atoms with Gasteiger partial charge in [0.1, 0.15) is 0 Å². The van der Waals surface area contributed by atoms with Gasteiger partial charge in [0, 0.05) is 33.2 Å². The van der Waals surface area contributed by atoms with Crippen molar-refractivity contribution < 1.29 is 4.79 Å². The molecular weight excluding hydrogens is 178 g/mol. The Kier molecular flexibility index (Phi) is 4.20. The van der Waals surface area contributed by atoms with Gasteiger partial charge in [-0.3, -0.25) is 0 Å². The Bertz CT molecular complexity index is 190. The summed E-state index contributed by atoms with van der Waals surface area (Å²) in [6, 6.07) is 0.607. The maximum absolute atomic E-state index is 11.7. The van der Waals surface area contributed by atoms with Crippen LogP contribution in [-0.4, -0.2) is 55.6 Å². The van der Waals surface area contributed by atoms with Crippen LogP contribution in [0.15, 0.2) is 0 Å². The zero-order chi connectivity index (χ0) is 10.6. The van der Waals surface area contributed by atoms with Crippen molar-refractivity contribution in [3.8, 4) is 0 Å². The molecule has 0 aromatic heterocycles. The normalized spacial score (nSPS) is 20.9. The number of rotatable bonds is 3. The minimum absolute atomic E-state index is 0.112. The van der Waals surface area contributed by atoms with Crippen LogP contribution < -0.4 is 5.32 Å². The summed E-state index contributed by atoms with van der Waals surface area (Å²) in [7, 11) is 3.70. The smallest absolute Gasteiger partial charge is 0.319 e. The number of carbonyl (C=O) groups is 1. The highest BCUT2D eigenvalue weighted by Crippen LogP contribution is 2.06. The Hall–Kier alpha value is -0.770. The van der Waals surface area contributed by atoms with Crippen molar-refractivity contribution in [2.24, 2.45) is 0 Å². The lowest BCUT2D eigenvalue weighted by Crippen LogP contribution is -2.44. The fourth-order valence-electron chi connectivity index (χ4n) is 1.75. The second-order valence-corrected chi connectivity index (χ2v) is 3.97. The van der Waals surface area contributed by atoms with Crippen molar-refractivity contribution >= 4 is 6.03 Å². The van der Waals surface area contributed by atoms with E-state index in [-0.39, 0.29) is 6.03 Å². The number of nitrogens with zero attached hydrogens (tertiary/aromatic N) is 2. The van der Waals surface area contributed by atoms with Crippen LogP contribution in [0.1, 0.15) is 19.8 Å². The molecule has 0 radical (unpaired) electrons. The molecule has 1 unspecified atom stereocenters. The first-order valence-electron chi connectivity index (χ1n) is 5.34. The Morgan fingerprint density at radius 1 is 1.43 bits per heavy atom. The van der Waals surface area contributed by atoms with Gasteiger partial charge in [-0.1, -0.05) is 0 Å². The number of urea groups is 1. The first-order valence-corrected chi connectivity index (χ1v) is 5.34. The molecule has 1 N–H and O–H groups in total. The van der Waals surface area contributed by atoms with E-state index in [1.165, 1.54) is 12.8 Å². The molecule has 2 amide bonds. The van der Waals surface area contributed by atoms with Crippen LogP contribution in [0.3, 0.4) is 0 Å². The summed E-state index contributed by atoms with van der Waals surface area (Å²) >= 11 is 0. The predicted molar refractivity (Wildman–Crippen MR) is 57.4 cm³/mol. The quantitative estimate of drug-likeness (QED) is 0.727. The molecule has 1 aliphatic rings. The van der Waals surface area contributed by atoms with Crippen molar-refractivity contribution in [2.45, 2.75) is 25.8 Å². The van der Waals surface area contributed by atoms with E-state index in [4.69, 9.17) is 0 Å². The molecule has 1 heterocycles. The van der Waals surface area contributed by atoms with Gasteiger partial charge < -0.3 is 15.1 Å². The van der Waals surface area contributed by atoms with E-state index in [1.807, 2.05) is 21.0 Å². The summed E-state index contributed by atoms with van der Waals surface area (Å²) in [4.78, 5) is 15.2. The van der Waals surface area contributed by atoms with E-state index in [0.29, 0.717) is 6.04 Å². The number of amides is 2. The van der Waals surface area contributed by atoms with Gasteiger partial charge in [0.2, 0.25) is 0 Å². The summed E-state index contributed by atoms with van der Waals surface area (Å²) < 4.78 is 0. The average molecular weight is 199 g/mol. The number of hydrogen-bond donors (Lipinski definition) is 1. The Morgan fingerprint density at radius 3 is 2.64 bits per heavy atom. The van der Waals surface area contributed by atoms with Crippen LogP contribution in [0.2, 0.25) is 0 Å².